The minimum atomic E-state index is -1.20. The van der Waals surface area contributed by atoms with Gasteiger partial charge in [0.2, 0.25) is 11.8 Å². The molecule has 3 saturated heterocycles. The van der Waals surface area contributed by atoms with Crippen LogP contribution in [0.4, 0.5) is 5.69 Å². The van der Waals surface area contributed by atoms with Crippen molar-refractivity contribution in [3.8, 4) is 11.8 Å². The number of anilines is 1. The van der Waals surface area contributed by atoms with Crippen molar-refractivity contribution >= 4 is 34.1 Å². The summed E-state index contributed by atoms with van der Waals surface area (Å²) in [6.07, 6.45) is 1.70. The summed E-state index contributed by atoms with van der Waals surface area (Å²) in [6.45, 7) is 1.92. The highest BCUT2D eigenvalue weighted by molar-refractivity contribution is 6.26. The van der Waals surface area contributed by atoms with Crippen LogP contribution in [0.2, 0.25) is 0 Å². The summed E-state index contributed by atoms with van der Waals surface area (Å²) in [4.78, 5) is 41.6. The number of aliphatic hydroxyl groups is 1. The third kappa shape index (κ3) is 3.28. The Bertz CT molecular complexity index is 1660. The average molecular weight is 537 g/mol. The van der Waals surface area contributed by atoms with Crippen molar-refractivity contribution in [2.75, 3.05) is 11.5 Å². The number of ketones is 1. The SMILES string of the molecule is CC12OC(CCOc3cccc4c3CCCC4=O)(CC1O)C1C(=O)N(c3ccc(C#N)c4ccccc34)C(=O)C12. The highest BCUT2D eigenvalue weighted by atomic mass is 16.6. The molecular weight excluding hydrogens is 508 g/mol. The van der Waals surface area contributed by atoms with Crippen LogP contribution in [0, 0.1) is 23.2 Å². The largest absolute Gasteiger partial charge is 0.493 e. The van der Waals surface area contributed by atoms with Gasteiger partial charge >= 0.3 is 0 Å². The van der Waals surface area contributed by atoms with Crippen LogP contribution < -0.4 is 9.64 Å². The number of aliphatic hydroxyl groups excluding tert-OH is 1. The second-order valence-corrected chi connectivity index (χ2v) is 11.5. The first-order valence-electron chi connectivity index (χ1n) is 13.7. The average Bonchev–Trinajstić information content (AvgIpc) is 3.49. The molecule has 2 bridgehead atoms. The predicted molar refractivity (Wildman–Crippen MR) is 145 cm³/mol. The lowest BCUT2D eigenvalue weighted by Crippen LogP contribution is -2.49. The van der Waals surface area contributed by atoms with Crippen LogP contribution in [-0.4, -0.2) is 46.6 Å². The van der Waals surface area contributed by atoms with Crippen LogP contribution in [0.1, 0.15) is 54.1 Å². The van der Waals surface area contributed by atoms with Crippen LogP contribution in [0.5, 0.6) is 5.75 Å². The summed E-state index contributed by atoms with van der Waals surface area (Å²) in [5.41, 5.74) is 0.236. The van der Waals surface area contributed by atoms with E-state index in [1.54, 1.807) is 31.2 Å². The van der Waals surface area contributed by atoms with E-state index in [2.05, 4.69) is 6.07 Å². The summed E-state index contributed by atoms with van der Waals surface area (Å²) in [5, 5.41) is 22.0. The van der Waals surface area contributed by atoms with Gasteiger partial charge in [0.15, 0.2) is 5.78 Å². The Morgan fingerprint density at radius 2 is 1.80 bits per heavy atom. The molecule has 1 N–H and O–H groups in total. The highest BCUT2D eigenvalue weighted by Crippen LogP contribution is 2.62. The van der Waals surface area contributed by atoms with Crippen molar-refractivity contribution in [3.05, 3.63) is 71.3 Å². The second kappa shape index (κ2) is 8.72. The zero-order chi connectivity index (χ0) is 27.8. The van der Waals surface area contributed by atoms with E-state index in [1.807, 2.05) is 30.3 Å². The molecule has 3 fully saturated rings. The molecule has 8 heteroatoms. The maximum Gasteiger partial charge on any atom is 0.240 e. The van der Waals surface area contributed by atoms with Crippen molar-refractivity contribution in [2.24, 2.45) is 11.8 Å². The standard InChI is InChI=1S/C32H28N2O6/c1-31-26(36)16-32(40-31,14-15-39-25-11-5-8-21-22(25)9-4-10-24(21)35)28-27(31)29(37)34(30(28)38)23-13-12-18(17-33)19-6-2-3-7-20(19)23/h2-3,5-8,11-13,26-28,36H,4,9-10,14-16H2,1H3. The van der Waals surface area contributed by atoms with Crippen molar-refractivity contribution in [2.45, 2.75) is 56.3 Å². The number of imide groups is 1. The fraction of sp³-hybridized carbons (Fsp3) is 0.375. The Hall–Kier alpha value is -4.06. The number of carbonyl (C=O) groups is 3. The Kier molecular flexibility index (Phi) is 5.44. The number of rotatable bonds is 5. The molecule has 3 heterocycles. The maximum atomic E-state index is 14.1. The van der Waals surface area contributed by atoms with E-state index in [-0.39, 0.29) is 24.7 Å². The van der Waals surface area contributed by atoms with Crippen molar-refractivity contribution in [1.82, 2.24) is 0 Å². The summed E-state index contributed by atoms with van der Waals surface area (Å²) in [5.74, 6) is -1.59. The predicted octanol–water partition coefficient (Wildman–Crippen LogP) is 4.10. The van der Waals surface area contributed by atoms with Crippen molar-refractivity contribution < 1.29 is 29.0 Å². The molecule has 0 saturated carbocycles. The lowest BCUT2D eigenvalue weighted by molar-refractivity contribution is -0.134. The van der Waals surface area contributed by atoms with Crippen LogP contribution in [0.15, 0.2) is 54.6 Å². The topological polar surface area (TPSA) is 117 Å². The number of amides is 2. The lowest BCUT2D eigenvalue weighted by atomic mass is 9.66. The summed E-state index contributed by atoms with van der Waals surface area (Å²) in [7, 11) is 0. The van der Waals surface area contributed by atoms with Crippen molar-refractivity contribution in [1.29, 1.82) is 5.26 Å². The Morgan fingerprint density at radius 1 is 1.02 bits per heavy atom. The molecule has 3 aromatic carbocycles. The highest BCUT2D eigenvalue weighted by Gasteiger charge is 2.77. The summed E-state index contributed by atoms with van der Waals surface area (Å²) >= 11 is 0. The molecule has 5 atom stereocenters. The lowest BCUT2D eigenvalue weighted by Gasteiger charge is -2.33. The molecule has 2 amide bonds. The molecule has 4 aliphatic rings. The number of fused-ring (bicyclic) bond motifs is 7. The first kappa shape index (κ1) is 24.9. The zero-order valence-electron chi connectivity index (χ0n) is 22.1. The van der Waals surface area contributed by atoms with Gasteiger partial charge < -0.3 is 14.6 Å². The van der Waals surface area contributed by atoms with E-state index in [0.29, 0.717) is 46.2 Å². The Balaban J connectivity index is 1.21. The number of nitriles is 1. The van der Waals surface area contributed by atoms with E-state index < -0.39 is 35.0 Å². The molecule has 7 rings (SSSR count). The molecule has 40 heavy (non-hydrogen) atoms. The molecule has 8 nitrogen and oxygen atoms in total. The van der Waals surface area contributed by atoms with E-state index >= 15 is 0 Å². The van der Waals surface area contributed by atoms with Crippen LogP contribution in [0.3, 0.4) is 0 Å². The third-order valence-corrected chi connectivity index (χ3v) is 9.42. The Morgan fingerprint density at radius 3 is 2.60 bits per heavy atom. The zero-order valence-corrected chi connectivity index (χ0v) is 22.1. The fourth-order valence-electron chi connectivity index (χ4n) is 7.55. The third-order valence-electron chi connectivity index (χ3n) is 9.42. The molecule has 202 valence electrons. The van der Waals surface area contributed by atoms with Gasteiger partial charge in [-0.15, -0.1) is 0 Å². The summed E-state index contributed by atoms with van der Waals surface area (Å²) < 4.78 is 12.6. The number of carbonyl (C=O) groups excluding carboxylic acids is 3. The van der Waals surface area contributed by atoms with Gasteiger partial charge in [0.05, 0.1) is 47.5 Å². The normalized spacial score (nSPS) is 30.5. The van der Waals surface area contributed by atoms with Crippen LogP contribution in [-0.2, 0) is 20.7 Å². The molecule has 0 aromatic heterocycles. The number of ether oxygens (including phenoxy) is 2. The van der Waals surface area contributed by atoms with E-state index in [9.17, 15) is 24.8 Å². The minimum absolute atomic E-state index is 0.118. The Labute approximate surface area is 231 Å². The van der Waals surface area contributed by atoms with Gasteiger partial charge in [-0.25, -0.2) is 4.90 Å². The molecule has 3 aliphatic heterocycles. The van der Waals surface area contributed by atoms with Crippen molar-refractivity contribution in [3.63, 3.8) is 0 Å². The van der Waals surface area contributed by atoms with E-state index in [4.69, 9.17) is 9.47 Å². The first-order chi connectivity index (χ1) is 19.3. The maximum absolute atomic E-state index is 14.1. The van der Waals surface area contributed by atoms with Gasteiger partial charge in [-0.2, -0.15) is 5.26 Å². The fourth-order valence-corrected chi connectivity index (χ4v) is 7.55. The molecule has 1 aliphatic carbocycles. The molecular formula is C32H28N2O6. The van der Waals surface area contributed by atoms with Gasteiger partial charge in [-0.1, -0.05) is 36.4 Å². The van der Waals surface area contributed by atoms with Crippen LogP contribution in [0.25, 0.3) is 10.8 Å². The monoisotopic (exact) mass is 536 g/mol. The molecule has 0 spiro atoms. The number of nitrogens with zero attached hydrogens (tertiary/aromatic N) is 2. The quantitative estimate of drug-likeness (QED) is 0.488. The van der Waals surface area contributed by atoms with Gasteiger partial charge in [0, 0.05) is 41.2 Å². The minimum Gasteiger partial charge on any atom is -0.493 e. The second-order valence-electron chi connectivity index (χ2n) is 11.5. The van der Waals surface area contributed by atoms with Gasteiger partial charge in [-0.3, -0.25) is 14.4 Å². The van der Waals surface area contributed by atoms with E-state index in [1.165, 1.54) is 4.90 Å². The first-order valence-corrected chi connectivity index (χ1v) is 13.7. The molecule has 5 unspecified atom stereocenters. The smallest absolute Gasteiger partial charge is 0.240 e. The van der Waals surface area contributed by atoms with Gasteiger partial charge in [0.1, 0.15) is 11.4 Å². The molecule has 3 aromatic rings. The summed E-state index contributed by atoms with van der Waals surface area (Å²) in [6, 6.07) is 18.2. The number of benzene rings is 3. The van der Waals surface area contributed by atoms with Crippen LogP contribution >= 0.6 is 0 Å². The van der Waals surface area contributed by atoms with Gasteiger partial charge in [0.25, 0.3) is 0 Å². The van der Waals surface area contributed by atoms with E-state index in [0.717, 1.165) is 18.4 Å². The number of Topliss-reactive ketones (excluding diaryl/α,β-unsaturated/α-hetero) is 1. The van der Waals surface area contributed by atoms with Gasteiger partial charge in [-0.05, 0) is 38.0 Å². The molecule has 0 radical (unpaired) electrons. The number of hydrogen-bond acceptors (Lipinski definition) is 7. The number of hydrogen-bond donors (Lipinski definition) is 1.